The molecule has 0 fully saturated rings. The SMILES string of the molecule is CCc1ccc(-n2cc(-c3ccc4[nH]cc(NC(=O)C=O)c4c3)cn2)cc1. The second kappa shape index (κ2) is 6.92. The largest absolute Gasteiger partial charge is 0.359 e. The van der Waals surface area contributed by atoms with Crippen LogP contribution in [0.1, 0.15) is 12.5 Å². The molecule has 2 aromatic carbocycles. The fourth-order valence-electron chi connectivity index (χ4n) is 3.06. The molecule has 2 aromatic heterocycles. The lowest BCUT2D eigenvalue weighted by molar-refractivity contribution is -0.127. The van der Waals surface area contributed by atoms with Gasteiger partial charge in [0, 0.05) is 28.9 Å². The lowest BCUT2D eigenvalue weighted by atomic mass is 10.1. The predicted octanol–water partition coefficient (Wildman–Crippen LogP) is 3.72. The Kier molecular flexibility index (Phi) is 4.30. The van der Waals surface area contributed by atoms with E-state index in [-0.39, 0.29) is 6.29 Å². The summed E-state index contributed by atoms with van der Waals surface area (Å²) in [4.78, 5) is 25.1. The minimum atomic E-state index is -0.676. The van der Waals surface area contributed by atoms with Crippen LogP contribution in [0.2, 0.25) is 0 Å². The predicted molar refractivity (Wildman–Crippen MR) is 105 cm³/mol. The van der Waals surface area contributed by atoms with Gasteiger partial charge < -0.3 is 10.3 Å². The summed E-state index contributed by atoms with van der Waals surface area (Å²) in [6.07, 6.45) is 6.72. The van der Waals surface area contributed by atoms with Gasteiger partial charge in [0.15, 0.2) is 0 Å². The molecular formula is C21H18N4O2. The van der Waals surface area contributed by atoms with Gasteiger partial charge in [-0.25, -0.2) is 4.68 Å². The third-order valence-electron chi connectivity index (χ3n) is 4.57. The number of carbonyl (C=O) groups is 2. The molecule has 6 nitrogen and oxygen atoms in total. The van der Waals surface area contributed by atoms with E-state index in [1.165, 1.54) is 5.56 Å². The summed E-state index contributed by atoms with van der Waals surface area (Å²) in [5.74, 6) is -0.676. The number of fused-ring (bicyclic) bond motifs is 1. The zero-order valence-corrected chi connectivity index (χ0v) is 14.8. The number of rotatable bonds is 5. The molecule has 0 aliphatic heterocycles. The smallest absolute Gasteiger partial charge is 0.288 e. The van der Waals surface area contributed by atoms with Crippen molar-refractivity contribution in [2.45, 2.75) is 13.3 Å². The highest BCUT2D eigenvalue weighted by molar-refractivity contribution is 6.30. The van der Waals surface area contributed by atoms with Crippen molar-refractivity contribution < 1.29 is 9.59 Å². The first-order chi connectivity index (χ1) is 13.2. The van der Waals surface area contributed by atoms with Gasteiger partial charge in [-0.2, -0.15) is 5.10 Å². The maximum absolute atomic E-state index is 11.4. The average molecular weight is 358 g/mol. The number of H-pyrrole nitrogens is 1. The molecule has 4 rings (SSSR count). The van der Waals surface area contributed by atoms with Gasteiger partial charge in [-0.3, -0.25) is 9.59 Å². The number of aryl methyl sites for hydroxylation is 1. The first-order valence-corrected chi connectivity index (χ1v) is 8.69. The fraction of sp³-hybridized carbons (Fsp3) is 0.0952. The van der Waals surface area contributed by atoms with E-state index in [1.54, 1.807) is 6.20 Å². The van der Waals surface area contributed by atoms with Gasteiger partial charge in [-0.05, 0) is 41.8 Å². The second-order valence-electron chi connectivity index (χ2n) is 6.26. The molecule has 0 radical (unpaired) electrons. The molecule has 6 heteroatoms. The van der Waals surface area contributed by atoms with Crippen molar-refractivity contribution in [2.24, 2.45) is 0 Å². The maximum Gasteiger partial charge on any atom is 0.288 e. The molecule has 27 heavy (non-hydrogen) atoms. The number of aromatic nitrogens is 3. The van der Waals surface area contributed by atoms with E-state index >= 15 is 0 Å². The van der Waals surface area contributed by atoms with Crippen LogP contribution < -0.4 is 5.32 Å². The first kappa shape index (κ1) is 16.8. The molecule has 2 N–H and O–H groups in total. The highest BCUT2D eigenvalue weighted by atomic mass is 16.2. The van der Waals surface area contributed by atoms with Gasteiger partial charge >= 0.3 is 0 Å². The van der Waals surface area contributed by atoms with Crippen molar-refractivity contribution in [1.82, 2.24) is 14.8 Å². The second-order valence-corrected chi connectivity index (χ2v) is 6.26. The third kappa shape index (κ3) is 3.25. The van der Waals surface area contributed by atoms with E-state index in [0.717, 1.165) is 34.1 Å². The van der Waals surface area contributed by atoms with Crippen molar-refractivity contribution in [3.8, 4) is 16.8 Å². The minimum absolute atomic E-state index is 0.260. The van der Waals surface area contributed by atoms with Crippen LogP contribution in [-0.2, 0) is 16.0 Å². The van der Waals surface area contributed by atoms with Crippen molar-refractivity contribution >= 4 is 28.8 Å². The third-order valence-corrected chi connectivity index (χ3v) is 4.57. The maximum atomic E-state index is 11.4. The fourth-order valence-corrected chi connectivity index (χ4v) is 3.06. The lowest BCUT2D eigenvalue weighted by Gasteiger charge is -2.03. The number of amides is 1. The summed E-state index contributed by atoms with van der Waals surface area (Å²) in [5, 5.41) is 7.87. The van der Waals surface area contributed by atoms with Crippen LogP contribution in [0.15, 0.2) is 61.1 Å². The Morgan fingerprint density at radius 3 is 2.74 bits per heavy atom. The van der Waals surface area contributed by atoms with E-state index in [2.05, 4.69) is 46.6 Å². The summed E-state index contributed by atoms with van der Waals surface area (Å²) in [6, 6.07) is 14.2. The van der Waals surface area contributed by atoms with E-state index < -0.39 is 5.91 Å². The van der Waals surface area contributed by atoms with Gasteiger partial charge in [0.1, 0.15) is 0 Å². The Hall–Kier alpha value is -3.67. The normalized spacial score (nSPS) is 10.9. The summed E-state index contributed by atoms with van der Waals surface area (Å²) >= 11 is 0. The molecule has 134 valence electrons. The van der Waals surface area contributed by atoms with Crippen molar-refractivity contribution in [3.05, 3.63) is 66.6 Å². The molecule has 2 heterocycles. The zero-order chi connectivity index (χ0) is 18.8. The van der Waals surface area contributed by atoms with Gasteiger partial charge in [0.2, 0.25) is 6.29 Å². The standard InChI is InChI=1S/C21H18N4O2/c1-2-14-3-6-17(7-4-14)25-12-16(10-23-25)15-5-8-19-18(9-15)20(11-22-19)24-21(27)13-26/h3-13,22H,2H2,1H3,(H,24,27). The summed E-state index contributed by atoms with van der Waals surface area (Å²) in [6.45, 7) is 2.13. The quantitative estimate of drug-likeness (QED) is 0.421. The van der Waals surface area contributed by atoms with Gasteiger partial charge in [-0.1, -0.05) is 25.1 Å². The molecule has 4 aromatic rings. The number of carbonyl (C=O) groups excluding carboxylic acids is 2. The first-order valence-electron chi connectivity index (χ1n) is 8.69. The zero-order valence-electron chi connectivity index (χ0n) is 14.8. The van der Waals surface area contributed by atoms with E-state index in [0.29, 0.717) is 5.69 Å². The van der Waals surface area contributed by atoms with Crippen LogP contribution in [0.3, 0.4) is 0 Å². The highest BCUT2D eigenvalue weighted by Crippen LogP contribution is 2.29. The number of hydrogen-bond donors (Lipinski definition) is 2. The van der Waals surface area contributed by atoms with Crippen LogP contribution in [0.4, 0.5) is 5.69 Å². The number of hydrogen-bond acceptors (Lipinski definition) is 3. The Morgan fingerprint density at radius 2 is 2.00 bits per heavy atom. The molecule has 1 amide bonds. The van der Waals surface area contributed by atoms with Crippen LogP contribution in [0.25, 0.3) is 27.7 Å². The lowest BCUT2D eigenvalue weighted by Crippen LogP contribution is -2.11. The number of benzene rings is 2. The number of nitrogens with one attached hydrogen (secondary N) is 2. The summed E-state index contributed by atoms with van der Waals surface area (Å²) in [7, 11) is 0. The molecule has 0 spiro atoms. The van der Waals surface area contributed by atoms with Gasteiger partial charge in [-0.15, -0.1) is 0 Å². The number of aldehydes is 1. The molecule has 0 bridgehead atoms. The number of nitrogens with zero attached hydrogens (tertiary/aromatic N) is 2. The van der Waals surface area contributed by atoms with Gasteiger partial charge in [0.25, 0.3) is 5.91 Å². The Balaban J connectivity index is 1.67. The highest BCUT2D eigenvalue weighted by Gasteiger charge is 2.10. The molecule has 0 aliphatic rings. The van der Waals surface area contributed by atoms with Crippen LogP contribution in [-0.4, -0.2) is 27.0 Å². The van der Waals surface area contributed by atoms with Crippen molar-refractivity contribution in [3.63, 3.8) is 0 Å². The number of anilines is 1. The van der Waals surface area contributed by atoms with Crippen LogP contribution in [0, 0.1) is 0 Å². The van der Waals surface area contributed by atoms with Crippen molar-refractivity contribution in [1.29, 1.82) is 0 Å². The molecular weight excluding hydrogens is 340 g/mol. The molecule has 0 aliphatic carbocycles. The molecule has 0 atom stereocenters. The topological polar surface area (TPSA) is 79.8 Å². The van der Waals surface area contributed by atoms with E-state index in [1.807, 2.05) is 35.3 Å². The molecule has 0 unspecified atom stereocenters. The summed E-state index contributed by atoms with van der Waals surface area (Å²) in [5.41, 5.74) is 5.67. The average Bonchev–Trinajstić information content (AvgIpc) is 3.35. The van der Waals surface area contributed by atoms with Crippen molar-refractivity contribution in [2.75, 3.05) is 5.32 Å². The summed E-state index contributed by atoms with van der Waals surface area (Å²) < 4.78 is 1.84. The Labute approximate surface area is 155 Å². The Morgan fingerprint density at radius 1 is 1.19 bits per heavy atom. The van der Waals surface area contributed by atoms with Gasteiger partial charge in [0.05, 0.1) is 17.6 Å². The van der Waals surface area contributed by atoms with Crippen LogP contribution >= 0.6 is 0 Å². The molecule has 0 saturated carbocycles. The number of aromatic amines is 1. The van der Waals surface area contributed by atoms with Crippen LogP contribution in [0.5, 0.6) is 0 Å². The monoisotopic (exact) mass is 358 g/mol. The Bertz CT molecular complexity index is 1120. The van der Waals surface area contributed by atoms with E-state index in [4.69, 9.17) is 0 Å². The molecule has 0 saturated heterocycles. The van der Waals surface area contributed by atoms with E-state index in [9.17, 15) is 9.59 Å². The minimum Gasteiger partial charge on any atom is -0.359 e.